The number of benzene rings is 1. The van der Waals surface area contributed by atoms with Crippen molar-refractivity contribution in [2.45, 2.75) is 6.92 Å². The molecule has 1 N–H and O–H groups in total. The zero-order valence-corrected chi connectivity index (χ0v) is 18.0. The molecule has 2 aromatic rings. The lowest BCUT2D eigenvalue weighted by molar-refractivity contribution is -0.128. The number of likely N-dealkylation sites (N-methyl/N-ethyl adjacent to an activating group) is 1. The van der Waals surface area contributed by atoms with Gasteiger partial charge in [-0.2, -0.15) is 0 Å². The molecule has 3 rings (SSSR count). The third-order valence-electron chi connectivity index (χ3n) is 4.14. The summed E-state index contributed by atoms with van der Waals surface area (Å²) in [7, 11) is 1.52. The van der Waals surface area contributed by atoms with E-state index in [-0.39, 0.29) is 10.7 Å². The smallest absolute Gasteiger partial charge is 0.265 e. The molecule has 2 amide bonds. The number of nitrogens with one attached hydrogen (secondary N) is 1. The van der Waals surface area contributed by atoms with Crippen LogP contribution >= 0.6 is 23.6 Å². The highest BCUT2D eigenvalue weighted by molar-refractivity contribution is 7.80. The molecule has 0 saturated carbocycles. The van der Waals surface area contributed by atoms with Crippen molar-refractivity contribution >= 4 is 70.2 Å². The van der Waals surface area contributed by atoms with E-state index in [2.05, 4.69) is 22.0 Å². The van der Waals surface area contributed by atoms with Crippen LogP contribution in [0.2, 0.25) is 0 Å². The van der Waals surface area contributed by atoms with Gasteiger partial charge in [0.05, 0.1) is 6.20 Å². The molecule has 0 spiro atoms. The first-order valence-electron chi connectivity index (χ1n) is 8.91. The topological polar surface area (TPSA) is 77.4 Å². The Balaban J connectivity index is 2.03. The molecule has 1 aliphatic heterocycles. The summed E-state index contributed by atoms with van der Waals surface area (Å²) in [4.78, 5) is 36.9. The van der Waals surface area contributed by atoms with Gasteiger partial charge in [0.2, 0.25) is 0 Å². The van der Waals surface area contributed by atoms with E-state index in [4.69, 9.17) is 12.2 Å². The molecule has 152 valence electrons. The predicted molar refractivity (Wildman–Crippen MR) is 126 cm³/mol. The summed E-state index contributed by atoms with van der Waals surface area (Å²) in [6, 6.07) is 13.4. The average Bonchev–Trinajstić information content (AvgIpc) is 3.19. The quantitative estimate of drug-likeness (QED) is 0.323. The van der Waals surface area contributed by atoms with Crippen LogP contribution in [0.3, 0.4) is 0 Å². The Labute approximate surface area is 183 Å². The Morgan fingerprint density at radius 1 is 1.23 bits per heavy atom. The van der Waals surface area contributed by atoms with Gasteiger partial charge in [-0.3, -0.25) is 29.7 Å². The van der Waals surface area contributed by atoms with E-state index >= 15 is 0 Å². The monoisotopic (exact) mass is 437 g/mol. The summed E-state index contributed by atoms with van der Waals surface area (Å²) in [6.45, 7) is 5.35. The van der Waals surface area contributed by atoms with Crippen LogP contribution in [-0.2, 0) is 9.59 Å². The van der Waals surface area contributed by atoms with Gasteiger partial charge in [0, 0.05) is 23.8 Å². The molecule has 1 aliphatic rings. The third-order valence-corrected chi connectivity index (χ3v) is 5.53. The van der Waals surface area contributed by atoms with Crippen LogP contribution in [0.25, 0.3) is 6.08 Å². The van der Waals surface area contributed by atoms with Gasteiger partial charge in [-0.1, -0.05) is 18.2 Å². The van der Waals surface area contributed by atoms with Gasteiger partial charge in [0.15, 0.2) is 10.9 Å². The molecule has 0 atom stereocenters. The molecule has 0 aliphatic carbocycles. The van der Waals surface area contributed by atoms with Crippen LogP contribution in [0.5, 0.6) is 0 Å². The van der Waals surface area contributed by atoms with Gasteiger partial charge < -0.3 is 0 Å². The number of rotatable bonds is 6. The molecule has 2 heterocycles. The van der Waals surface area contributed by atoms with Crippen LogP contribution in [0.15, 0.2) is 70.0 Å². The minimum atomic E-state index is -0.509. The zero-order chi connectivity index (χ0) is 21.7. The Hall–Kier alpha value is -3.43. The normalized spacial score (nSPS) is 16.3. The van der Waals surface area contributed by atoms with Gasteiger partial charge in [0.1, 0.15) is 10.6 Å². The van der Waals surface area contributed by atoms with Crippen LogP contribution in [-0.4, -0.2) is 41.8 Å². The number of anilines is 2. The van der Waals surface area contributed by atoms with Crippen LogP contribution in [0.4, 0.5) is 10.7 Å². The molecular weight excluding hydrogens is 418 g/mol. The van der Waals surface area contributed by atoms with Crippen LogP contribution in [0, 0.1) is 0 Å². The van der Waals surface area contributed by atoms with Crippen molar-refractivity contribution in [3.8, 4) is 0 Å². The van der Waals surface area contributed by atoms with Crippen molar-refractivity contribution < 1.29 is 9.59 Å². The van der Waals surface area contributed by atoms with Crippen molar-refractivity contribution in [1.29, 1.82) is 0 Å². The Bertz CT molecular complexity index is 1090. The highest BCUT2D eigenvalue weighted by Gasteiger charge is 2.31. The first kappa shape index (κ1) is 21.3. The average molecular weight is 438 g/mol. The largest absolute Gasteiger partial charge is 0.298 e. The van der Waals surface area contributed by atoms with E-state index in [0.29, 0.717) is 5.82 Å². The summed E-state index contributed by atoms with van der Waals surface area (Å²) in [6.07, 6.45) is 4.80. The van der Waals surface area contributed by atoms with Crippen LogP contribution in [0.1, 0.15) is 11.8 Å². The number of aliphatic imine (C=N–C) groups is 2. The number of hydrogen-bond donors (Lipinski definition) is 1. The maximum Gasteiger partial charge on any atom is 0.265 e. The number of para-hydroxylation sites is 1. The molecule has 0 unspecified atom stereocenters. The molecule has 7 nitrogen and oxygen atoms in total. The van der Waals surface area contributed by atoms with Crippen LogP contribution < -0.4 is 10.2 Å². The minimum absolute atomic E-state index is 0.0286. The molecule has 1 saturated heterocycles. The minimum Gasteiger partial charge on any atom is -0.298 e. The standard InChI is InChI=1S/C21H19N5O2S2/c1-4-23-17(13-22-2)26(14-8-6-5-7-9-14)18-11-10-15(30-18)12-16-19(27)24-21(29)25(3)20(16)28/h4-13H,2H2,1,3H3,(H,24,27,29)/b16-12+,17-13+,23-4-. The molecule has 1 aromatic heterocycles. The van der Waals surface area contributed by atoms with Crippen molar-refractivity contribution in [3.05, 3.63) is 64.9 Å². The number of carbonyl (C=O) groups excluding carboxylic acids is 2. The highest BCUT2D eigenvalue weighted by Crippen LogP contribution is 2.36. The van der Waals surface area contributed by atoms with E-state index in [0.717, 1.165) is 15.6 Å². The van der Waals surface area contributed by atoms with E-state index in [1.165, 1.54) is 23.3 Å². The van der Waals surface area contributed by atoms with Crippen molar-refractivity contribution in [2.24, 2.45) is 9.98 Å². The first-order chi connectivity index (χ1) is 14.5. The lowest BCUT2D eigenvalue weighted by Gasteiger charge is -2.24. The SMILES string of the molecule is C=N/C=C(\N=C/C)N(c1ccccc1)c1ccc(/C=C2\C(=O)NC(=S)N(C)C2=O)s1. The molecular formula is C21H19N5O2S2. The summed E-state index contributed by atoms with van der Waals surface area (Å²) in [5, 5.41) is 3.44. The van der Waals surface area contributed by atoms with Crippen molar-refractivity contribution in [3.63, 3.8) is 0 Å². The van der Waals surface area contributed by atoms with E-state index in [1.807, 2.05) is 54.3 Å². The number of carbonyl (C=O) groups is 2. The maximum atomic E-state index is 12.4. The first-order valence-corrected chi connectivity index (χ1v) is 10.1. The second-order valence-corrected chi connectivity index (χ2v) is 7.57. The number of thiophene rings is 1. The number of amides is 2. The van der Waals surface area contributed by atoms with Gasteiger partial charge in [0.25, 0.3) is 11.8 Å². The molecule has 1 fully saturated rings. The van der Waals surface area contributed by atoms with Gasteiger partial charge in [-0.05, 0) is 56.2 Å². The molecule has 0 bridgehead atoms. The fraction of sp³-hybridized carbons (Fsp3) is 0.0952. The van der Waals surface area contributed by atoms with E-state index in [9.17, 15) is 9.59 Å². The summed E-state index contributed by atoms with van der Waals surface area (Å²) in [5.74, 6) is -0.369. The third kappa shape index (κ3) is 4.42. The fourth-order valence-electron chi connectivity index (χ4n) is 2.74. The van der Waals surface area contributed by atoms with Gasteiger partial charge >= 0.3 is 0 Å². The number of hydrogen-bond acceptors (Lipinski definition) is 7. The summed E-state index contributed by atoms with van der Waals surface area (Å²) >= 11 is 6.38. The second-order valence-electron chi connectivity index (χ2n) is 6.09. The lowest BCUT2D eigenvalue weighted by atomic mass is 10.1. The van der Waals surface area contributed by atoms with Gasteiger partial charge in [-0.15, -0.1) is 11.3 Å². The second kappa shape index (κ2) is 9.38. The lowest BCUT2D eigenvalue weighted by Crippen LogP contribution is -2.52. The maximum absolute atomic E-state index is 12.4. The number of nitrogens with zero attached hydrogens (tertiary/aromatic N) is 4. The molecule has 1 aromatic carbocycles. The summed E-state index contributed by atoms with van der Waals surface area (Å²) in [5.41, 5.74) is 0.913. The van der Waals surface area contributed by atoms with Crippen molar-refractivity contribution in [2.75, 3.05) is 11.9 Å². The summed E-state index contributed by atoms with van der Waals surface area (Å²) < 4.78 is 0. The molecule has 0 radical (unpaired) electrons. The molecule has 30 heavy (non-hydrogen) atoms. The predicted octanol–water partition coefficient (Wildman–Crippen LogP) is 3.73. The van der Waals surface area contributed by atoms with Gasteiger partial charge in [-0.25, -0.2) is 4.99 Å². The van der Waals surface area contributed by atoms with E-state index < -0.39 is 11.8 Å². The highest BCUT2D eigenvalue weighted by atomic mass is 32.1. The zero-order valence-electron chi connectivity index (χ0n) is 16.4. The fourth-order valence-corrected chi connectivity index (χ4v) is 3.90. The Kier molecular flexibility index (Phi) is 6.65. The van der Waals surface area contributed by atoms with E-state index in [1.54, 1.807) is 18.5 Å². The Morgan fingerprint density at radius 3 is 2.63 bits per heavy atom. The number of thiocarbonyl (C=S) groups is 1. The van der Waals surface area contributed by atoms with Crippen molar-refractivity contribution in [1.82, 2.24) is 10.2 Å². The molecule has 9 heteroatoms. The Morgan fingerprint density at radius 2 is 1.97 bits per heavy atom.